The zero-order valence-corrected chi connectivity index (χ0v) is 11.0. The highest BCUT2D eigenvalue weighted by molar-refractivity contribution is 7.13. The number of nitrogens with zero attached hydrogens (tertiary/aromatic N) is 5. The smallest absolute Gasteiger partial charge is 0.251 e. The number of nitrogens with one attached hydrogen (secondary N) is 1. The molecular weight excluding hydrogens is 252 g/mol. The number of carbonyl (C=O) groups is 1. The topological polar surface area (TPSA) is 85.6 Å². The molecule has 0 radical (unpaired) electrons. The second-order valence-corrected chi connectivity index (χ2v) is 4.84. The molecule has 0 unspecified atom stereocenters. The maximum atomic E-state index is 12.2. The van der Waals surface area contributed by atoms with Crippen molar-refractivity contribution in [2.75, 3.05) is 5.32 Å². The summed E-state index contributed by atoms with van der Waals surface area (Å²) < 4.78 is 1.48. The van der Waals surface area contributed by atoms with Crippen molar-refractivity contribution in [3.05, 3.63) is 17.9 Å². The molecule has 0 aliphatic heterocycles. The van der Waals surface area contributed by atoms with Gasteiger partial charge in [-0.25, -0.2) is 9.67 Å². The van der Waals surface area contributed by atoms with E-state index in [-0.39, 0.29) is 11.8 Å². The highest BCUT2D eigenvalue weighted by Gasteiger charge is 2.27. The first-order valence-corrected chi connectivity index (χ1v) is 6.53. The largest absolute Gasteiger partial charge is 0.300 e. The molecule has 0 saturated heterocycles. The van der Waals surface area contributed by atoms with Gasteiger partial charge in [-0.1, -0.05) is 20.3 Å². The van der Waals surface area contributed by atoms with Crippen molar-refractivity contribution in [3.8, 4) is 0 Å². The Morgan fingerprint density at radius 3 is 3.00 bits per heavy atom. The number of tetrazole rings is 1. The highest BCUT2D eigenvalue weighted by Crippen LogP contribution is 2.22. The molecule has 96 valence electrons. The van der Waals surface area contributed by atoms with Crippen molar-refractivity contribution >= 4 is 22.4 Å². The van der Waals surface area contributed by atoms with Crippen LogP contribution in [-0.4, -0.2) is 31.1 Å². The van der Waals surface area contributed by atoms with E-state index in [0.717, 1.165) is 6.42 Å². The van der Waals surface area contributed by atoms with Crippen LogP contribution in [0.1, 0.15) is 26.3 Å². The lowest BCUT2D eigenvalue weighted by Crippen LogP contribution is -2.31. The van der Waals surface area contributed by atoms with Crippen molar-refractivity contribution in [1.82, 2.24) is 25.2 Å². The number of aromatic nitrogens is 5. The molecular formula is C10H14N6OS. The SMILES string of the molecule is CC[C@H](C)[C@@H](C(=O)Nc1nccs1)n1cnnn1. The molecule has 0 aliphatic rings. The van der Waals surface area contributed by atoms with Crippen molar-refractivity contribution < 1.29 is 4.79 Å². The van der Waals surface area contributed by atoms with E-state index in [0.29, 0.717) is 5.13 Å². The highest BCUT2D eigenvalue weighted by atomic mass is 32.1. The van der Waals surface area contributed by atoms with Gasteiger partial charge in [-0.2, -0.15) is 0 Å². The standard InChI is InChI=1S/C10H14N6OS/c1-3-7(2)8(16-6-12-14-15-16)9(17)13-10-11-4-5-18-10/h4-8H,3H2,1-2H3,(H,11,13,17)/t7-,8-/m0/s1. The van der Waals surface area contributed by atoms with Crippen molar-refractivity contribution in [3.63, 3.8) is 0 Å². The van der Waals surface area contributed by atoms with E-state index >= 15 is 0 Å². The summed E-state index contributed by atoms with van der Waals surface area (Å²) in [5, 5.41) is 16.1. The van der Waals surface area contributed by atoms with Crippen LogP contribution in [0.15, 0.2) is 17.9 Å². The summed E-state index contributed by atoms with van der Waals surface area (Å²) in [5.74, 6) is -0.0138. The predicted octanol–water partition coefficient (Wildman–Crippen LogP) is 1.36. The van der Waals surface area contributed by atoms with Crippen molar-refractivity contribution in [2.24, 2.45) is 5.92 Å². The number of thiazole rings is 1. The molecule has 2 aromatic heterocycles. The average molecular weight is 266 g/mol. The van der Waals surface area contributed by atoms with E-state index < -0.39 is 6.04 Å². The molecule has 18 heavy (non-hydrogen) atoms. The molecule has 7 nitrogen and oxygen atoms in total. The number of carbonyl (C=O) groups excluding carboxylic acids is 1. The lowest BCUT2D eigenvalue weighted by Gasteiger charge is -2.20. The third kappa shape index (κ3) is 2.70. The van der Waals surface area contributed by atoms with E-state index in [2.05, 4.69) is 25.8 Å². The fourth-order valence-electron chi connectivity index (χ4n) is 1.62. The maximum Gasteiger partial charge on any atom is 0.251 e. The maximum absolute atomic E-state index is 12.2. The fraction of sp³-hybridized carbons (Fsp3) is 0.500. The molecule has 8 heteroatoms. The number of hydrogen-bond acceptors (Lipinski definition) is 6. The fourth-order valence-corrected chi connectivity index (χ4v) is 2.15. The zero-order valence-electron chi connectivity index (χ0n) is 10.1. The van der Waals surface area contributed by atoms with E-state index in [9.17, 15) is 4.79 Å². The Balaban J connectivity index is 2.16. The molecule has 0 aromatic carbocycles. The average Bonchev–Trinajstić information content (AvgIpc) is 3.02. The predicted molar refractivity (Wildman–Crippen MR) is 67.1 cm³/mol. The molecule has 1 N–H and O–H groups in total. The summed E-state index contributed by atoms with van der Waals surface area (Å²) in [4.78, 5) is 16.3. The summed E-state index contributed by atoms with van der Waals surface area (Å²) in [6.07, 6.45) is 3.96. The van der Waals surface area contributed by atoms with E-state index in [1.807, 2.05) is 19.2 Å². The van der Waals surface area contributed by atoms with Crippen LogP contribution in [0.3, 0.4) is 0 Å². The summed E-state index contributed by atoms with van der Waals surface area (Å²) in [5.41, 5.74) is 0. The Bertz CT molecular complexity index is 482. The van der Waals surface area contributed by atoms with Crippen LogP contribution in [0, 0.1) is 5.92 Å². The van der Waals surface area contributed by atoms with E-state index in [1.165, 1.54) is 22.3 Å². The molecule has 2 atom stereocenters. The normalized spacial score (nSPS) is 14.1. The van der Waals surface area contributed by atoms with Gasteiger partial charge in [0.15, 0.2) is 5.13 Å². The van der Waals surface area contributed by atoms with Gasteiger partial charge in [-0.05, 0) is 16.3 Å². The van der Waals surface area contributed by atoms with Crippen LogP contribution in [0.4, 0.5) is 5.13 Å². The molecule has 0 saturated carbocycles. The van der Waals surface area contributed by atoms with Crippen LogP contribution in [0.5, 0.6) is 0 Å². The van der Waals surface area contributed by atoms with Crippen LogP contribution in [0.2, 0.25) is 0 Å². The van der Waals surface area contributed by atoms with Gasteiger partial charge in [-0.3, -0.25) is 4.79 Å². The minimum atomic E-state index is -0.422. The Morgan fingerprint density at radius 2 is 2.44 bits per heavy atom. The Morgan fingerprint density at radius 1 is 1.61 bits per heavy atom. The molecule has 0 fully saturated rings. The number of amides is 1. The second kappa shape index (κ2) is 5.67. The van der Waals surface area contributed by atoms with Gasteiger partial charge in [0.05, 0.1) is 0 Å². The summed E-state index contributed by atoms with van der Waals surface area (Å²) in [7, 11) is 0. The molecule has 2 heterocycles. The first-order chi connectivity index (χ1) is 8.72. The van der Waals surface area contributed by atoms with Gasteiger partial charge in [0, 0.05) is 11.6 Å². The lowest BCUT2D eigenvalue weighted by atomic mass is 9.99. The molecule has 0 aliphatic carbocycles. The Labute approximate surface area is 108 Å². The summed E-state index contributed by atoms with van der Waals surface area (Å²) in [6.45, 7) is 4.02. The van der Waals surface area contributed by atoms with Gasteiger partial charge in [0.1, 0.15) is 12.4 Å². The van der Waals surface area contributed by atoms with Gasteiger partial charge >= 0.3 is 0 Å². The molecule has 2 aromatic rings. The summed E-state index contributed by atoms with van der Waals surface area (Å²) in [6, 6.07) is -0.422. The number of rotatable bonds is 5. The van der Waals surface area contributed by atoms with E-state index in [1.54, 1.807) is 6.20 Å². The zero-order chi connectivity index (χ0) is 13.0. The minimum absolute atomic E-state index is 0.133. The van der Waals surface area contributed by atoms with Crippen LogP contribution in [-0.2, 0) is 4.79 Å². The molecule has 2 rings (SSSR count). The third-order valence-corrected chi connectivity index (χ3v) is 3.45. The van der Waals surface area contributed by atoms with Crippen LogP contribution >= 0.6 is 11.3 Å². The number of hydrogen-bond donors (Lipinski definition) is 1. The Hall–Kier alpha value is -1.83. The number of anilines is 1. The van der Waals surface area contributed by atoms with Crippen molar-refractivity contribution in [1.29, 1.82) is 0 Å². The van der Waals surface area contributed by atoms with Gasteiger partial charge in [0.2, 0.25) is 0 Å². The first kappa shape index (κ1) is 12.6. The molecule has 0 bridgehead atoms. The summed E-state index contributed by atoms with van der Waals surface area (Å²) >= 11 is 1.38. The van der Waals surface area contributed by atoms with Crippen LogP contribution < -0.4 is 5.32 Å². The van der Waals surface area contributed by atoms with Gasteiger partial charge in [0.25, 0.3) is 5.91 Å². The monoisotopic (exact) mass is 266 g/mol. The molecule has 1 amide bonds. The van der Waals surface area contributed by atoms with Gasteiger partial charge < -0.3 is 5.32 Å². The first-order valence-electron chi connectivity index (χ1n) is 5.65. The lowest BCUT2D eigenvalue weighted by molar-refractivity contribution is -0.121. The quantitative estimate of drug-likeness (QED) is 0.883. The second-order valence-electron chi connectivity index (χ2n) is 3.95. The molecule has 0 spiro atoms. The minimum Gasteiger partial charge on any atom is -0.300 e. The van der Waals surface area contributed by atoms with Crippen molar-refractivity contribution in [2.45, 2.75) is 26.3 Å². The van der Waals surface area contributed by atoms with Gasteiger partial charge in [-0.15, -0.1) is 16.4 Å². The van der Waals surface area contributed by atoms with E-state index in [4.69, 9.17) is 0 Å². The third-order valence-electron chi connectivity index (χ3n) is 2.76. The van der Waals surface area contributed by atoms with Crippen LogP contribution in [0.25, 0.3) is 0 Å². The Kier molecular flexibility index (Phi) is 3.98.